The van der Waals surface area contributed by atoms with E-state index in [1.807, 2.05) is 39.0 Å². The summed E-state index contributed by atoms with van der Waals surface area (Å²) < 4.78 is 34.9. The van der Waals surface area contributed by atoms with E-state index in [0.29, 0.717) is 11.6 Å². The fourth-order valence-corrected chi connectivity index (χ4v) is 4.64. The van der Waals surface area contributed by atoms with Crippen molar-refractivity contribution in [3.05, 3.63) is 70.9 Å². The minimum absolute atomic E-state index is 0.0272. The smallest absolute Gasteiger partial charge is 0.263 e. The van der Waals surface area contributed by atoms with Crippen LogP contribution in [-0.4, -0.2) is 30.3 Å². The van der Waals surface area contributed by atoms with Crippen LogP contribution in [0, 0.1) is 32.1 Å². The van der Waals surface area contributed by atoms with Crippen molar-refractivity contribution in [2.75, 3.05) is 11.8 Å². The number of nitrogens with one attached hydrogen (secondary N) is 1. The van der Waals surface area contributed by atoms with E-state index >= 15 is 0 Å². The summed E-state index contributed by atoms with van der Waals surface area (Å²) in [6.45, 7) is 5.96. The van der Waals surface area contributed by atoms with Crippen molar-refractivity contribution in [2.24, 2.45) is 0 Å². The highest BCUT2D eigenvalue weighted by Crippen LogP contribution is 2.28. The van der Waals surface area contributed by atoms with Crippen LogP contribution >= 0.6 is 0 Å². The maximum atomic E-state index is 13.0. The van der Waals surface area contributed by atoms with Gasteiger partial charge < -0.3 is 4.74 Å². The molecule has 2 aromatic heterocycles. The third-order valence-corrected chi connectivity index (χ3v) is 6.50. The maximum absolute atomic E-state index is 13.0. The Kier molecular flexibility index (Phi) is 5.32. The van der Waals surface area contributed by atoms with Gasteiger partial charge >= 0.3 is 0 Å². The Balaban J connectivity index is 1.83. The van der Waals surface area contributed by atoms with Crippen molar-refractivity contribution in [2.45, 2.75) is 25.7 Å². The van der Waals surface area contributed by atoms with E-state index in [2.05, 4.69) is 15.9 Å². The van der Waals surface area contributed by atoms with Gasteiger partial charge in [-0.1, -0.05) is 11.6 Å². The van der Waals surface area contributed by atoms with Gasteiger partial charge in [0.2, 0.25) is 0 Å². The molecule has 9 heteroatoms. The molecule has 0 saturated heterocycles. The number of hydrogen-bond donors (Lipinski definition) is 1. The number of methoxy groups -OCH3 is 1. The second-order valence-corrected chi connectivity index (χ2v) is 9.17. The van der Waals surface area contributed by atoms with E-state index in [1.54, 1.807) is 12.1 Å². The van der Waals surface area contributed by atoms with Gasteiger partial charge in [-0.15, -0.1) is 0 Å². The number of fused-ring (bicyclic) bond motifs is 1. The average molecular weight is 448 g/mol. The molecule has 2 heterocycles. The third kappa shape index (κ3) is 3.76. The molecule has 0 aliphatic rings. The zero-order valence-corrected chi connectivity index (χ0v) is 18.9. The molecule has 0 bridgehead atoms. The number of benzene rings is 2. The van der Waals surface area contributed by atoms with E-state index in [0.717, 1.165) is 27.6 Å². The minimum Gasteiger partial charge on any atom is -0.497 e. The largest absolute Gasteiger partial charge is 0.497 e. The van der Waals surface area contributed by atoms with Crippen LogP contribution in [0.1, 0.15) is 22.3 Å². The molecule has 162 valence electrons. The zero-order valence-electron chi connectivity index (χ0n) is 18.0. The lowest BCUT2D eigenvalue weighted by atomic mass is 10.0. The summed E-state index contributed by atoms with van der Waals surface area (Å²) in [5.41, 5.74) is 3.98. The second kappa shape index (κ2) is 7.98. The summed E-state index contributed by atoms with van der Waals surface area (Å²) in [5, 5.41) is 14.8. The van der Waals surface area contributed by atoms with Crippen molar-refractivity contribution in [1.82, 2.24) is 14.8 Å². The van der Waals surface area contributed by atoms with Gasteiger partial charge in [-0.05, 0) is 68.3 Å². The molecule has 2 aromatic carbocycles. The fraction of sp³-hybridized carbons (Fsp3) is 0.174. The first-order valence-electron chi connectivity index (χ1n) is 9.77. The number of hydrogen-bond acceptors (Lipinski definition) is 6. The number of pyridine rings is 1. The quantitative estimate of drug-likeness (QED) is 0.495. The van der Waals surface area contributed by atoms with E-state index in [4.69, 9.17) is 9.72 Å². The minimum atomic E-state index is -3.98. The number of anilines is 1. The van der Waals surface area contributed by atoms with Gasteiger partial charge in [0.1, 0.15) is 17.4 Å². The number of ether oxygens (including phenoxy) is 1. The van der Waals surface area contributed by atoms with Gasteiger partial charge in [0.15, 0.2) is 11.6 Å². The highest BCUT2D eigenvalue weighted by Gasteiger charge is 2.22. The number of aromatic nitrogens is 3. The molecule has 0 atom stereocenters. The first-order chi connectivity index (χ1) is 15.2. The van der Waals surface area contributed by atoms with E-state index < -0.39 is 10.0 Å². The molecule has 0 amide bonds. The molecule has 4 rings (SSSR count). The van der Waals surface area contributed by atoms with Gasteiger partial charge in [-0.2, -0.15) is 15.0 Å². The molecule has 4 aromatic rings. The van der Waals surface area contributed by atoms with Crippen molar-refractivity contribution in [3.63, 3.8) is 0 Å². The van der Waals surface area contributed by atoms with Crippen molar-refractivity contribution in [3.8, 4) is 17.6 Å². The Bertz CT molecular complexity index is 1480. The number of nitrogens with zero attached hydrogens (tertiary/aromatic N) is 4. The van der Waals surface area contributed by atoms with E-state index in [1.165, 1.54) is 30.1 Å². The van der Waals surface area contributed by atoms with Crippen LogP contribution in [0.15, 0.2) is 53.6 Å². The molecular formula is C23H21N5O3S. The van der Waals surface area contributed by atoms with Gasteiger partial charge in [-0.25, -0.2) is 13.4 Å². The van der Waals surface area contributed by atoms with Crippen molar-refractivity contribution >= 4 is 26.7 Å². The van der Waals surface area contributed by atoms with Crippen LogP contribution in [0.25, 0.3) is 16.7 Å². The van der Waals surface area contributed by atoms with Crippen LogP contribution in [-0.2, 0) is 10.0 Å². The Labute approximate surface area is 186 Å². The van der Waals surface area contributed by atoms with Gasteiger partial charge in [0.05, 0.1) is 23.7 Å². The summed E-state index contributed by atoms with van der Waals surface area (Å²) >= 11 is 0. The molecule has 0 aliphatic carbocycles. The molecule has 1 N–H and O–H groups in total. The summed E-state index contributed by atoms with van der Waals surface area (Å²) in [6.07, 6.45) is 1.31. The summed E-state index contributed by atoms with van der Waals surface area (Å²) in [4.78, 5) is 4.75. The van der Waals surface area contributed by atoms with Crippen molar-refractivity contribution < 1.29 is 13.2 Å². The zero-order chi connectivity index (χ0) is 23.0. The molecule has 32 heavy (non-hydrogen) atoms. The number of nitriles is 1. The van der Waals surface area contributed by atoms with Crippen molar-refractivity contribution in [1.29, 1.82) is 5.26 Å². The van der Waals surface area contributed by atoms with Crippen LogP contribution < -0.4 is 9.46 Å². The van der Waals surface area contributed by atoms with Crippen LogP contribution in [0.3, 0.4) is 0 Å². The fourth-order valence-electron chi connectivity index (χ4n) is 3.58. The predicted molar refractivity (Wildman–Crippen MR) is 122 cm³/mol. The Morgan fingerprint density at radius 1 is 1.06 bits per heavy atom. The molecule has 0 spiro atoms. The SMILES string of the molecule is COc1ccc(S(=O)(=O)Nc2c(C#N)cnn2-c2cc(C)c3cc(C)cc(C)c3n2)cc1. The summed E-state index contributed by atoms with van der Waals surface area (Å²) in [5.74, 6) is 0.975. The monoisotopic (exact) mass is 447 g/mol. The molecule has 0 saturated carbocycles. The van der Waals surface area contributed by atoms with E-state index in [-0.39, 0.29) is 16.3 Å². The molecule has 0 unspecified atom stereocenters. The maximum Gasteiger partial charge on any atom is 0.263 e. The standard InChI is InChI=1S/C23H21N5O3S/c1-14-9-16(3)22-20(10-14)15(2)11-21(26-22)28-23(17(12-24)13-25-28)27-32(29,30)19-7-5-18(31-4)6-8-19/h5-11,13,27H,1-4H3. The van der Waals surface area contributed by atoms with Gasteiger partial charge in [0, 0.05) is 5.39 Å². The number of aryl methyl sites for hydroxylation is 3. The Morgan fingerprint density at radius 3 is 2.44 bits per heavy atom. The topological polar surface area (TPSA) is 110 Å². The van der Waals surface area contributed by atoms with Gasteiger partial charge in [0.25, 0.3) is 10.0 Å². The second-order valence-electron chi connectivity index (χ2n) is 7.49. The first kappa shape index (κ1) is 21.3. The lowest BCUT2D eigenvalue weighted by Gasteiger charge is -2.13. The van der Waals surface area contributed by atoms with Crippen LogP contribution in [0.2, 0.25) is 0 Å². The molecule has 0 aliphatic heterocycles. The molecule has 0 radical (unpaired) electrons. The Morgan fingerprint density at radius 2 is 1.78 bits per heavy atom. The number of sulfonamides is 1. The Hall–Kier alpha value is -3.90. The number of rotatable bonds is 5. The van der Waals surface area contributed by atoms with Crippen LogP contribution in [0.5, 0.6) is 5.75 Å². The molecule has 8 nitrogen and oxygen atoms in total. The van der Waals surface area contributed by atoms with Crippen LogP contribution in [0.4, 0.5) is 5.82 Å². The summed E-state index contributed by atoms with van der Waals surface area (Å²) in [7, 11) is -2.48. The lowest BCUT2D eigenvalue weighted by molar-refractivity contribution is 0.414. The third-order valence-electron chi connectivity index (χ3n) is 5.15. The highest BCUT2D eigenvalue weighted by molar-refractivity contribution is 7.92. The summed E-state index contributed by atoms with van der Waals surface area (Å²) in [6, 6.07) is 13.9. The average Bonchev–Trinajstić information content (AvgIpc) is 3.16. The van der Waals surface area contributed by atoms with Gasteiger partial charge in [-0.3, -0.25) is 4.72 Å². The molecular weight excluding hydrogens is 426 g/mol. The molecule has 0 fully saturated rings. The van der Waals surface area contributed by atoms with E-state index in [9.17, 15) is 13.7 Å². The lowest BCUT2D eigenvalue weighted by Crippen LogP contribution is -2.17. The highest BCUT2D eigenvalue weighted by atomic mass is 32.2. The first-order valence-corrected chi connectivity index (χ1v) is 11.3. The predicted octanol–water partition coefficient (Wildman–Crippen LogP) is 4.03. The normalized spacial score (nSPS) is 11.3.